The zero-order chi connectivity index (χ0) is 22.9. The second kappa shape index (κ2) is 8.57. The van der Waals surface area contributed by atoms with E-state index in [1.54, 1.807) is 30.3 Å². The molecule has 164 valence electrons. The van der Waals surface area contributed by atoms with Gasteiger partial charge >= 0.3 is 5.97 Å². The van der Waals surface area contributed by atoms with E-state index in [-0.39, 0.29) is 17.9 Å². The molecule has 2 N–H and O–H groups in total. The van der Waals surface area contributed by atoms with Gasteiger partial charge in [-0.2, -0.15) is 0 Å². The van der Waals surface area contributed by atoms with E-state index in [1.807, 2.05) is 25.1 Å². The predicted octanol–water partition coefficient (Wildman–Crippen LogP) is 1.63. The van der Waals surface area contributed by atoms with Crippen LogP contribution in [0.3, 0.4) is 0 Å². The molecule has 9 heteroatoms. The number of rotatable bonds is 7. The average molecular weight is 444 g/mol. The minimum absolute atomic E-state index is 0.225. The van der Waals surface area contributed by atoms with Crippen LogP contribution in [0.15, 0.2) is 36.4 Å². The molecule has 1 heterocycles. The largest absolute Gasteiger partial charge is 0.480 e. The number of nitrogens with zero attached hydrogens (tertiary/aromatic N) is 2. The number of amides is 1. The van der Waals surface area contributed by atoms with Crippen LogP contribution in [0.5, 0.6) is 11.5 Å². The number of carbonyl (C=O) groups excluding carboxylic acids is 1. The molecule has 1 amide bonds. The number of hydrogen-bond acceptors (Lipinski definition) is 5. The number of anilines is 1. The summed E-state index contributed by atoms with van der Waals surface area (Å²) in [4.78, 5) is 37.0. The molecule has 8 nitrogen and oxygen atoms in total. The molecule has 0 spiro atoms. The molecule has 0 saturated carbocycles. The van der Waals surface area contributed by atoms with E-state index in [0.29, 0.717) is 27.5 Å². The Morgan fingerprint density at radius 1 is 1.10 bits per heavy atom. The lowest BCUT2D eigenvalue weighted by molar-refractivity contribution is -0.143. The summed E-state index contributed by atoms with van der Waals surface area (Å²) in [5.41, 5.74) is 1.36. The fraction of sp³-hybridized carbons (Fsp3) is 0.273. The van der Waals surface area contributed by atoms with Crippen LogP contribution in [0.4, 0.5) is 5.69 Å². The zero-order valence-electron chi connectivity index (χ0n) is 17.7. The van der Waals surface area contributed by atoms with Crippen LogP contribution in [0.2, 0.25) is 0 Å². The lowest BCUT2D eigenvalue weighted by Gasteiger charge is -2.25. The van der Waals surface area contributed by atoms with Gasteiger partial charge in [0.25, 0.3) is 0 Å². The van der Waals surface area contributed by atoms with Gasteiger partial charge in [-0.15, -0.1) is 0 Å². The van der Waals surface area contributed by atoms with Gasteiger partial charge in [-0.05, 0) is 29.5 Å². The maximum atomic E-state index is 13.5. The Balaban J connectivity index is 2.05. The van der Waals surface area contributed by atoms with Gasteiger partial charge in [0.05, 0.1) is 5.31 Å². The van der Waals surface area contributed by atoms with Crippen molar-refractivity contribution >= 4 is 36.8 Å². The highest BCUT2D eigenvalue weighted by atomic mass is 31.2. The molecule has 2 aromatic rings. The van der Waals surface area contributed by atoms with Gasteiger partial charge in [0.2, 0.25) is 13.3 Å². The maximum Gasteiger partial charge on any atom is 0.323 e. The molecule has 0 aromatic heterocycles. The van der Waals surface area contributed by atoms with Crippen molar-refractivity contribution in [3.63, 3.8) is 0 Å². The van der Waals surface area contributed by atoms with E-state index in [0.717, 1.165) is 10.6 Å². The first-order valence-corrected chi connectivity index (χ1v) is 11.4. The van der Waals surface area contributed by atoms with E-state index in [1.165, 1.54) is 7.05 Å². The highest BCUT2D eigenvalue weighted by Crippen LogP contribution is 2.57. The summed E-state index contributed by atoms with van der Waals surface area (Å²) in [7, 11) is 1.11. The van der Waals surface area contributed by atoms with Gasteiger partial charge < -0.3 is 24.5 Å². The summed E-state index contributed by atoms with van der Waals surface area (Å²) in [6.07, 6.45) is -0.568. The van der Waals surface area contributed by atoms with Gasteiger partial charge in [0, 0.05) is 56.3 Å². The van der Waals surface area contributed by atoms with Crippen molar-refractivity contribution in [2.75, 3.05) is 38.7 Å². The van der Waals surface area contributed by atoms with Crippen LogP contribution >= 0.6 is 7.37 Å². The van der Waals surface area contributed by atoms with E-state index < -0.39 is 25.8 Å². The molecule has 0 fully saturated rings. The van der Waals surface area contributed by atoms with Crippen LogP contribution in [0.1, 0.15) is 12.0 Å². The van der Waals surface area contributed by atoms with Crippen molar-refractivity contribution in [1.29, 1.82) is 0 Å². The van der Waals surface area contributed by atoms with Gasteiger partial charge in [0.1, 0.15) is 18.0 Å². The fourth-order valence-corrected chi connectivity index (χ4v) is 5.24. The van der Waals surface area contributed by atoms with E-state index >= 15 is 0 Å². The smallest absolute Gasteiger partial charge is 0.323 e. The first kappa shape index (κ1) is 22.6. The van der Waals surface area contributed by atoms with Crippen molar-refractivity contribution in [3.8, 4) is 11.5 Å². The molecule has 1 unspecified atom stereocenters. The number of carboxylic acid groups (broad SMARTS) is 1. The van der Waals surface area contributed by atoms with Crippen LogP contribution in [0, 0.1) is 0 Å². The maximum absolute atomic E-state index is 13.5. The highest BCUT2D eigenvalue weighted by molar-refractivity contribution is 7.68. The number of carbonyl (C=O) groups is 2. The second-order valence-corrected chi connectivity index (χ2v) is 9.97. The third-order valence-corrected chi connectivity index (χ3v) is 7.04. The molecule has 1 aliphatic heterocycles. The third-order valence-electron chi connectivity index (χ3n) is 5.03. The molecule has 0 radical (unpaired) electrons. The number of benzene rings is 2. The number of likely N-dealkylation sites (N-methyl/N-ethyl adjacent to an activating group) is 1. The monoisotopic (exact) mass is 444 g/mol. The summed E-state index contributed by atoms with van der Waals surface area (Å²) in [6, 6.07) is 10.5. The Morgan fingerprint density at radius 3 is 2.45 bits per heavy atom. The summed E-state index contributed by atoms with van der Waals surface area (Å²) >= 11 is 0. The topological polar surface area (TPSA) is 107 Å². The molecular formula is C22H25N2O6P. The molecule has 0 bridgehead atoms. The Kier molecular flexibility index (Phi) is 6.25. The normalized spacial score (nSPS) is 14.0. The number of ether oxygens (including phenoxy) is 1. The standard InChI is InChI=1S/C22H25N2O6P/c1-14-5-7-16-18(11-14)30-19-12-15(23(2)3)6-8-17(19)22(16)31(28,29)10-9-20(25)24(4)13-21(26)27/h5-8,11-12H,1,9-10,13H2,2-4H3,(H,26,27)(H,28,29). The summed E-state index contributed by atoms with van der Waals surface area (Å²) in [6.45, 7) is 3.42. The van der Waals surface area contributed by atoms with Gasteiger partial charge in [0.15, 0.2) is 0 Å². The molecule has 1 atom stereocenters. The van der Waals surface area contributed by atoms with Crippen LogP contribution in [-0.2, 0) is 14.2 Å². The highest BCUT2D eigenvalue weighted by Gasteiger charge is 2.33. The van der Waals surface area contributed by atoms with Gasteiger partial charge in [-0.25, -0.2) is 0 Å². The molecule has 1 aliphatic rings. The SMILES string of the molecule is C=c1ccc2c(c1)Oc1cc(N(C)C)ccc1C=2P(=O)(O)CCC(=O)N(C)CC(=O)O. The Morgan fingerprint density at radius 2 is 1.81 bits per heavy atom. The summed E-state index contributed by atoms with van der Waals surface area (Å²) in [5.74, 6) is -0.788. The minimum atomic E-state index is -4.01. The zero-order valence-corrected chi connectivity index (χ0v) is 18.6. The van der Waals surface area contributed by atoms with Crippen LogP contribution < -0.4 is 20.1 Å². The Bertz CT molecular complexity index is 1210. The van der Waals surface area contributed by atoms with Crippen molar-refractivity contribution in [3.05, 3.63) is 52.4 Å². The van der Waals surface area contributed by atoms with E-state index in [2.05, 4.69) is 6.58 Å². The number of aliphatic carboxylic acids is 1. The molecule has 31 heavy (non-hydrogen) atoms. The van der Waals surface area contributed by atoms with E-state index in [9.17, 15) is 19.0 Å². The Labute approximate surface area is 180 Å². The average Bonchev–Trinajstić information content (AvgIpc) is 2.68. The third kappa shape index (κ3) is 4.81. The molecular weight excluding hydrogens is 419 g/mol. The fourth-order valence-electron chi connectivity index (χ4n) is 3.40. The number of fused-ring (bicyclic) bond motifs is 2. The first-order chi connectivity index (χ1) is 14.5. The van der Waals surface area contributed by atoms with E-state index in [4.69, 9.17) is 9.84 Å². The quantitative estimate of drug-likeness (QED) is 0.625. The minimum Gasteiger partial charge on any atom is -0.480 e. The molecule has 3 rings (SSSR count). The number of hydrogen-bond donors (Lipinski definition) is 2. The predicted molar refractivity (Wildman–Crippen MR) is 119 cm³/mol. The lowest BCUT2D eigenvalue weighted by atomic mass is 10.1. The molecule has 0 saturated heterocycles. The van der Waals surface area contributed by atoms with Crippen LogP contribution in [-0.4, -0.2) is 60.6 Å². The Hall–Kier alpha value is -3.09. The summed E-state index contributed by atoms with van der Waals surface area (Å²) in [5, 5.41) is 10.2. The van der Waals surface area contributed by atoms with Crippen molar-refractivity contribution in [2.24, 2.45) is 0 Å². The number of carboxylic acids is 1. The lowest BCUT2D eigenvalue weighted by Crippen LogP contribution is -2.32. The second-order valence-electron chi connectivity index (χ2n) is 7.67. The summed E-state index contributed by atoms with van der Waals surface area (Å²) < 4.78 is 19.5. The van der Waals surface area contributed by atoms with Gasteiger partial charge in [-0.3, -0.25) is 14.2 Å². The van der Waals surface area contributed by atoms with Crippen molar-refractivity contribution < 1.29 is 28.9 Å². The first-order valence-electron chi connectivity index (χ1n) is 9.60. The van der Waals surface area contributed by atoms with Crippen LogP contribution in [0.25, 0.3) is 11.9 Å². The van der Waals surface area contributed by atoms with Crippen molar-refractivity contribution in [2.45, 2.75) is 6.42 Å². The van der Waals surface area contributed by atoms with Gasteiger partial charge in [-0.1, -0.05) is 12.6 Å². The molecule has 2 aromatic carbocycles. The molecule has 0 aliphatic carbocycles. The van der Waals surface area contributed by atoms with Crippen molar-refractivity contribution in [1.82, 2.24) is 4.90 Å².